The molecule has 1 heterocycles. The Labute approximate surface area is 92.9 Å². The fraction of sp³-hybridized carbons (Fsp3) is 0.167. The van der Waals surface area contributed by atoms with Gasteiger partial charge >= 0.3 is 0 Å². The summed E-state index contributed by atoms with van der Waals surface area (Å²) in [6.07, 6.45) is 1.64. The van der Waals surface area contributed by atoms with E-state index in [0.29, 0.717) is 5.56 Å². The lowest BCUT2D eigenvalue weighted by Crippen LogP contribution is -2.26. The van der Waals surface area contributed by atoms with Crippen LogP contribution in [0.4, 0.5) is 0 Å². The van der Waals surface area contributed by atoms with Crippen LogP contribution in [0.3, 0.4) is 0 Å². The highest BCUT2D eigenvalue weighted by Gasteiger charge is 2.05. The quantitative estimate of drug-likeness (QED) is 0.794. The number of carbonyl (C=O) groups excluding carboxylic acids is 1. The van der Waals surface area contributed by atoms with Crippen LogP contribution in [0.5, 0.6) is 0 Å². The zero-order chi connectivity index (χ0) is 11.4. The Hall–Kier alpha value is -1.94. The lowest BCUT2D eigenvalue weighted by Gasteiger charge is -2.03. The van der Waals surface area contributed by atoms with Crippen molar-refractivity contribution in [2.24, 2.45) is 0 Å². The summed E-state index contributed by atoms with van der Waals surface area (Å²) in [5.41, 5.74) is 1.27. The first kappa shape index (κ1) is 10.6. The molecule has 81 valence electrons. The highest BCUT2D eigenvalue weighted by molar-refractivity contribution is 5.97. The lowest BCUT2D eigenvalue weighted by molar-refractivity contribution is 0.0945. The molecule has 2 N–H and O–H groups in total. The summed E-state index contributed by atoms with van der Waals surface area (Å²) in [5, 5.41) is 12.1. The van der Waals surface area contributed by atoms with Crippen molar-refractivity contribution < 1.29 is 9.90 Å². The number of carbonyl (C=O) groups is 1. The average Bonchev–Trinajstić information content (AvgIpc) is 2.35. The zero-order valence-electron chi connectivity index (χ0n) is 8.60. The molecule has 0 saturated carbocycles. The molecule has 0 unspecified atom stereocenters. The molecule has 0 fully saturated rings. The lowest BCUT2D eigenvalue weighted by atomic mass is 10.1. The van der Waals surface area contributed by atoms with Gasteiger partial charge in [-0.25, -0.2) is 0 Å². The van der Waals surface area contributed by atoms with Crippen molar-refractivity contribution in [3.63, 3.8) is 0 Å². The van der Waals surface area contributed by atoms with E-state index < -0.39 is 0 Å². The van der Waals surface area contributed by atoms with Gasteiger partial charge in [0, 0.05) is 23.7 Å². The second kappa shape index (κ2) is 4.72. The fourth-order valence-electron chi connectivity index (χ4n) is 1.42. The number of pyridine rings is 1. The molecule has 16 heavy (non-hydrogen) atoms. The molecular formula is C12H11N2O2. The molecule has 2 rings (SSSR count). The molecule has 4 heteroatoms. The Morgan fingerprint density at radius 3 is 3.19 bits per heavy atom. The summed E-state index contributed by atoms with van der Waals surface area (Å²) in [5.74, 6) is -0.207. The van der Waals surface area contributed by atoms with Gasteiger partial charge in [-0.2, -0.15) is 0 Å². The Bertz CT molecular complexity index is 511. The molecule has 0 aliphatic rings. The van der Waals surface area contributed by atoms with Crippen LogP contribution in [-0.2, 0) is 0 Å². The zero-order valence-corrected chi connectivity index (χ0v) is 8.60. The molecular weight excluding hydrogens is 204 g/mol. The minimum absolute atomic E-state index is 0.0641. The topological polar surface area (TPSA) is 62.2 Å². The maximum atomic E-state index is 11.6. The third-order valence-electron chi connectivity index (χ3n) is 2.18. The molecule has 2 aromatic rings. The number of aromatic nitrogens is 1. The first-order valence-electron chi connectivity index (χ1n) is 4.97. The van der Waals surface area contributed by atoms with Crippen molar-refractivity contribution in [1.29, 1.82) is 0 Å². The number of benzene rings is 1. The Balaban J connectivity index is 2.28. The van der Waals surface area contributed by atoms with Crippen LogP contribution in [0.1, 0.15) is 10.4 Å². The highest BCUT2D eigenvalue weighted by atomic mass is 16.3. The van der Waals surface area contributed by atoms with Crippen LogP contribution >= 0.6 is 0 Å². The average molecular weight is 215 g/mol. The van der Waals surface area contributed by atoms with E-state index in [0.717, 1.165) is 10.9 Å². The second-order valence-corrected chi connectivity index (χ2v) is 3.30. The van der Waals surface area contributed by atoms with Gasteiger partial charge in [-0.05, 0) is 24.3 Å². The Kier molecular flexibility index (Phi) is 3.12. The number of aliphatic hydroxyl groups excluding tert-OH is 1. The minimum Gasteiger partial charge on any atom is -0.395 e. The Morgan fingerprint density at radius 1 is 1.50 bits per heavy atom. The Morgan fingerprint density at radius 2 is 2.38 bits per heavy atom. The summed E-state index contributed by atoms with van der Waals surface area (Å²) in [4.78, 5) is 15.7. The van der Waals surface area contributed by atoms with E-state index in [1.165, 1.54) is 0 Å². The number of nitrogens with one attached hydrogen (secondary N) is 1. The van der Waals surface area contributed by atoms with E-state index in [-0.39, 0.29) is 19.1 Å². The number of fused-ring (bicyclic) bond motifs is 1. The van der Waals surface area contributed by atoms with Crippen molar-refractivity contribution in [3.8, 4) is 0 Å². The highest BCUT2D eigenvalue weighted by Crippen LogP contribution is 2.12. The largest absolute Gasteiger partial charge is 0.395 e. The van der Waals surface area contributed by atoms with Crippen molar-refractivity contribution in [2.45, 2.75) is 0 Å². The molecule has 1 aromatic carbocycles. The van der Waals surface area contributed by atoms with Gasteiger partial charge in [0.25, 0.3) is 5.91 Å². The normalized spacial score (nSPS) is 10.3. The van der Waals surface area contributed by atoms with Gasteiger partial charge in [-0.1, -0.05) is 6.07 Å². The summed E-state index contributed by atoms with van der Waals surface area (Å²) in [6, 6.07) is 9.98. The van der Waals surface area contributed by atoms with Crippen LogP contribution in [0, 0.1) is 6.07 Å². The van der Waals surface area contributed by atoms with Crippen LogP contribution in [0.25, 0.3) is 10.9 Å². The smallest absolute Gasteiger partial charge is 0.251 e. The number of hydrogen-bond donors (Lipinski definition) is 2. The van der Waals surface area contributed by atoms with E-state index in [9.17, 15) is 4.79 Å². The number of nitrogens with zero attached hydrogens (tertiary/aromatic N) is 1. The molecule has 0 aliphatic carbocycles. The van der Waals surface area contributed by atoms with Gasteiger partial charge in [0.05, 0.1) is 12.1 Å². The third-order valence-corrected chi connectivity index (χ3v) is 2.18. The molecule has 0 aliphatic heterocycles. The van der Waals surface area contributed by atoms with Crippen LogP contribution in [0.15, 0.2) is 30.5 Å². The standard InChI is InChI=1S/C12H11N2O2/c15-7-6-14-12(16)10-4-3-9-2-1-5-13-11(9)8-10/h1,3-5,8,15H,6-7H2,(H,14,16). The molecule has 0 atom stereocenters. The third kappa shape index (κ3) is 2.17. The summed E-state index contributed by atoms with van der Waals surface area (Å²) < 4.78 is 0. The SMILES string of the molecule is O=C(NCCO)c1ccc2[c]ccnc2c1. The predicted octanol–water partition coefficient (Wildman–Crippen LogP) is 0.757. The molecule has 0 spiro atoms. The van der Waals surface area contributed by atoms with Gasteiger partial charge in [0.2, 0.25) is 0 Å². The minimum atomic E-state index is -0.207. The van der Waals surface area contributed by atoms with Crippen LogP contribution in [-0.4, -0.2) is 29.1 Å². The first-order chi connectivity index (χ1) is 7.81. The fourth-order valence-corrected chi connectivity index (χ4v) is 1.42. The number of hydrogen-bond acceptors (Lipinski definition) is 3. The maximum absolute atomic E-state index is 11.6. The van der Waals surface area contributed by atoms with E-state index in [1.54, 1.807) is 30.5 Å². The van der Waals surface area contributed by atoms with Crippen LogP contribution < -0.4 is 5.32 Å². The molecule has 1 amide bonds. The van der Waals surface area contributed by atoms with Crippen molar-refractivity contribution in [2.75, 3.05) is 13.2 Å². The van der Waals surface area contributed by atoms with Crippen molar-refractivity contribution in [1.82, 2.24) is 10.3 Å². The van der Waals surface area contributed by atoms with Crippen LogP contribution in [0.2, 0.25) is 0 Å². The molecule has 4 nitrogen and oxygen atoms in total. The van der Waals surface area contributed by atoms with E-state index >= 15 is 0 Å². The van der Waals surface area contributed by atoms with E-state index in [2.05, 4.69) is 16.4 Å². The van der Waals surface area contributed by atoms with Crippen molar-refractivity contribution >= 4 is 16.8 Å². The van der Waals surface area contributed by atoms with E-state index in [1.807, 2.05) is 0 Å². The molecule has 0 saturated heterocycles. The van der Waals surface area contributed by atoms with Gasteiger partial charge in [0.1, 0.15) is 0 Å². The first-order valence-corrected chi connectivity index (χ1v) is 4.97. The number of amides is 1. The maximum Gasteiger partial charge on any atom is 0.251 e. The predicted molar refractivity (Wildman–Crippen MR) is 60.0 cm³/mol. The molecule has 1 radical (unpaired) electrons. The number of aliphatic hydroxyl groups is 1. The van der Waals surface area contributed by atoms with Crippen molar-refractivity contribution in [3.05, 3.63) is 42.1 Å². The molecule has 0 bridgehead atoms. The monoisotopic (exact) mass is 215 g/mol. The summed E-state index contributed by atoms with van der Waals surface area (Å²) in [7, 11) is 0. The summed E-state index contributed by atoms with van der Waals surface area (Å²) in [6.45, 7) is 0.191. The van der Waals surface area contributed by atoms with Gasteiger partial charge in [-0.3, -0.25) is 9.78 Å². The van der Waals surface area contributed by atoms with Gasteiger partial charge in [-0.15, -0.1) is 0 Å². The van der Waals surface area contributed by atoms with E-state index in [4.69, 9.17) is 5.11 Å². The summed E-state index contributed by atoms with van der Waals surface area (Å²) >= 11 is 0. The van der Waals surface area contributed by atoms with Gasteiger partial charge < -0.3 is 10.4 Å². The second-order valence-electron chi connectivity index (χ2n) is 3.30. The van der Waals surface area contributed by atoms with Gasteiger partial charge in [0.15, 0.2) is 0 Å². The number of rotatable bonds is 3. The molecule has 1 aromatic heterocycles.